The summed E-state index contributed by atoms with van der Waals surface area (Å²) in [7, 11) is 0. The number of hydrogen-bond acceptors (Lipinski definition) is 13. The summed E-state index contributed by atoms with van der Waals surface area (Å²) < 4.78 is 34.1. The van der Waals surface area contributed by atoms with E-state index in [9.17, 15) is 44.0 Å². The van der Waals surface area contributed by atoms with Crippen molar-refractivity contribution in [1.82, 2.24) is 5.32 Å². The molecule has 0 aromatic rings. The van der Waals surface area contributed by atoms with Gasteiger partial charge >= 0.3 is 17.9 Å². The lowest BCUT2D eigenvalue weighted by Crippen LogP contribution is -2.69. The number of nitrogens with zero attached hydrogens (tertiary/aromatic N) is 1. The SMILES string of the molecule is CCC(=O)O[C@]1(C(=O)COC(=O)CC(NC(C)=O)C(=O)OCCCCO[N+](=O)[O-])[C@@H](C)C[C@H]2[C@@H]3CC=C4CC(=O)C=C[C@]4(C)[C@@]3(F)[C@@H](O)C[C@@]21C. The molecule has 0 radical (unpaired) electrons. The second-order valence-electron chi connectivity index (χ2n) is 14.4. The highest BCUT2D eigenvalue weighted by Gasteiger charge is 2.77. The van der Waals surface area contributed by atoms with E-state index >= 15 is 4.39 Å². The number of rotatable bonds is 15. The predicted molar refractivity (Wildman–Crippen MR) is 173 cm³/mol. The fourth-order valence-corrected chi connectivity index (χ4v) is 9.09. The van der Waals surface area contributed by atoms with Crippen molar-refractivity contribution >= 4 is 35.4 Å². The van der Waals surface area contributed by atoms with Gasteiger partial charge in [0.15, 0.2) is 23.7 Å². The summed E-state index contributed by atoms with van der Waals surface area (Å²) in [6.07, 6.45) is 2.94. The van der Waals surface area contributed by atoms with Crippen LogP contribution in [-0.4, -0.2) is 88.8 Å². The molecule has 0 aliphatic heterocycles. The number of carbonyl (C=O) groups excluding carboxylic acids is 6. The molecule has 0 spiro atoms. The Balaban J connectivity index is 1.53. The number of alkyl halides is 1. The average Bonchev–Trinajstić information content (AvgIpc) is 3.27. The Kier molecular flexibility index (Phi) is 11.8. The molecule has 0 bridgehead atoms. The molecule has 0 aromatic carbocycles. The molecule has 282 valence electrons. The van der Waals surface area contributed by atoms with E-state index in [0.717, 1.165) is 6.92 Å². The molecule has 0 heterocycles. The van der Waals surface area contributed by atoms with Crippen molar-refractivity contribution in [2.24, 2.45) is 28.6 Å². The van der Waals surface area contributed by atoms with Gasteiger partial charge < -0.3 is 29.5 Å². The van der Waals surface area contributed by atoms with Gasteiger partial charge in [-0.05, 0) is 51.0 Å². The van der Waals surface area contributed by atoms with Gasteiger partial charge in [0.05, 0.1) is 25.7 Å². The van der Waals surface area contributed by atoms with Gasteiger partial charge in [0.1, 0.15) is 6.04 Å². The molecule has 4 rings (SSSR count). The number of ketones is 2. The standard InChI is InChI=1S/C35H47FN2O13/c1-6-29(43)51-35(28(42)19-49-30(44)17-26(37-21(3)39)31(45)48-13-7-8-14-50-38(46)47)20(2)15-25-24-10-9-22-16-23(40)11-12-32(22,4)34(24,36)27(41)18-33(25,35)5/h9,11-12,20,24-27,41H,6-8,10,13-19H2,1-5H3,(H,37,39)/t20-,24-,25-,26?,27-,32-,33-,34-,35-/m0/s1. The number of unbranched alkanes of at least 4 members (excludes halogenated alkanes) is 1. The van der Waals surface area contributed by atoms with Gasteiger partial charge in [-0.2, -0.15) is 0 Å². The van der Waals surface area contributed by atoms with Gasteiger partial charge in [0.2, 0.25) is 11.7 Å². The normalized spacial score (nSPS) is 34.1. The Bertz CT molecular complexity index is 1510. The smallest absolute Gasteiger partial charge is 0.329 e. The molecule has 51 heavy (non-hydrogen) atoms. The Morgan fingerprint density at radius 1 is 1.12 bits per heavy atom. The third-order valence-electron chi connectivity index (χ3n) is 11.5. The largest absolute Gasteiger partial charge is 0.464 e. The maximum atomic E-state index is 17.7. The lowest BCUT2D eigenvalue weighted by Gasteiger charge is -2.62. The molecule has 1 amide bonds. The summed E-state index contributed by atoms with van der Waals surface area (Å²) in [6, 6.07) is -1.47. The van der Waals surface area contributed by atoms with E-state index in [0.29, 0.717) is 5.57 Å². The first kappa shape index (κ1) is 39.6. The topological polar surface area (TPSA) is 215 Å². The highest BCUT2D eigenvalue weighted by molar-refractivity contribution is 5.95. The van der Waals surface area contributed by atoms with Crippen molar-refractivity contribution in [2.75, 3.05) is 19.8 Å². The molecule has 1 unspecified atom stereocenters. The zero-order valence-electron chi connectivity index (χ0n) is 29.6. The second kappa shape index (κ2) is 15.2. The highest BCUT2D eigenvalue weighted by Crippen LogP contribution is 2.71. The van der Waals surface area contributed by atoms with Crippen molar-refractivity contribution in [1.29, 1.82) is 0 Å². The van der Waals surface area contributed by atoms with Crippen LogP contribution >= 0.6 is 0 Å². The maximum Gasteiger partial charge on any atom is 0.329 e. The Hall–Kier alpha value is -4.21. The van der Waals surface area contributed by atoms with Gasteiger partial charge in [0.25, 0.3) is 5.09 Å². The van der Waals surface area contributed by atoms with Crippen molar-refractivity contribution in [3.8, 4) is 0 Å². The van der Waals surface area contributed by atoms with Crippen molar-refractivity contribution in [2.45, 2.75) is 109 Å². The van der Waals surface area contributed by atoms with Crippen LogP contribution in [0.5, 0.6) is 0 Å². The van der Waals surface area contributed by atoms with E-state index in [1.165, 1.54) is 12.2 Å². The minimum absolute atomic E-state index is 0.0420. The van der Waals surface area contributed by atoms with Crippen LogP contribution in [0.15, 0.2) is 23.8 Å². The van der Waals surface area contributed by atoms with Crippen LogP contribution in [0.2, 0.25) is 0 Å². The number of halogens is 1. The molecule has 9 atom stereocenters. The van der Waals surface area contributed by atoms with Gasteiger partial charge in [-0.1, -0.05) is 38.5 Å². The number of Topliss-reactive ketones (excluding diaryl/α,β-unsaturated/α-hetero) is 1. The first-order valence-electron chi connectivity index (χ1n) is 17.3. The van der Waals surface area contributed by atoms with Crippen LogP contribution in [0.3, 0.4) is 0 Å². The summed E-state index contributed by atoms with van der Waals surface area (Å²) in [6.45, 7) is 6.47. The number of amides is 1. The molecule has 4 aliphatic carbocycles. The van der Waals surface area contributed by atoms with Gasteiger partial charge in [-0.15, -0.1) is 10.1 Å². The van der Waals surface area contributed by atoms with E-state index in [1.807, 2.05) is 6.08 Å². The second-order valence-corrected chi connectivity index (χ2v) is 14.4. The van der Waals surface area contributed by atoms with Crippen LogP contribution in [0.1, 0.15) is 86.0 Å². The lowest BCUT2D eigenvalue weighted by atomic mass is 9.45. The van der Waals surface area contributed by atoms with Crippen LogP contribution in [-0.2, 0) is 47.8 Å². The van der Waals surface area contributed by atoms with E-state index in [-0.39, 0.29) is 63.9 Å². The number of aliphatic hydroxyl groups excluding tert-OH is 1. The Morgan fingerprint density at radius 2 is 1.80 bits per heavy atom. The fourth-order valence-electron chi connectivity index (χ4n) is 9.09. The fraction of sp³-hybridized carbons (Fsp3) is 0.714. The van der Waals surface area contributed by atoms with Gasteiger partial charge in [0, 0.05) is 42.4 Å². The van der Waals surface area contributed by atoms with Crippen LogP contribution in [0.4, 0.5) is 4.39 Å². The van der Waals surface area contributed by atoms with Gasteiger partial charge in [-0.25, -0.2) is 9.18 Å². The number of allylic oxidation sites excluding steroid dienone is 4. The molecule has 16 heteroatoms. The first-order chi connectivity index (χ1) is 23.9. The molecule has 2 N–H and O–H groups in total. The molecule has 2 fully saturated rings. The van der Waals surface area contributed by atoms with Gasteiger partial charge in [-0.3, -0.25) is 24.0 Å². The number of ether oxygens (including phenoxy) is 3. The molecule has 2 saturated carbocycles. The summed E-state index contributed by atoms with van der Waals surface area (Å²) in [4.78, 5) is 91.4. The third-order valence-corrected chi connectivity index (χ3v) is 11.5. The summed E-state index contributed by atoms with van der Waals surface area (Å²) in [5, 5.41) is 23.3. The summed E-state index contributed by atoms with van der Waals surface area (Å²) in [5.74, 6) is -6.36. The average molecular weight is 723 g/mol. The first-order valence-corrected chi connectivity index (χ1v) is 17.3. The Labute approximate surface area is 294 Å². The van der Waals surface area contributed by atoms with E-state index in [2.05, 4.69) is 10.2 Å². The summed E-state index contributed by atoms with van der Waals surface area (Å²) in [5.41, 5.74) is -6.06. The zero-order chi connectivity index (χ0) is 37.9. The lowest BCUT2D eigenvalue weighted by molar-refractivity contribution is -0.757. The van der Waals surface area contributed by atoms with Crippen molar-refractivity contribution in [3.63, 3.8) is 0 Å². The minimum Gasteiger partial charge on any atom is -0.464 e. The minimum atomic E-state index is -2.19. The Morgan fingerprint density at radius 3 is 2.45 bits per heavy atom. The van der Waals surface area contributed by atoms with Crippen molar-refractivity contribution < 1.29 is 62.4 Å². The van der Waals surface area contributed by atoms with E-state index < -0.39 is 99.7 Å². The molecular weight excluding hydrogens is 675 g/mol. The quantitative estimate of drug-likeness (QED) is 0.0622. The number of nitrogens with one attached hydrogen (secondary N) is 1. The number of aliphatic hydroxyl groups is 1. The molecule has 0 aromatic heterocycles. The van der Waals surface area contributed by atoms with Crippen LogP contribution in [0, 0.1) is 38.7 Å². The van der Waals surface area contributed by atoms with Crippen LogP contribution < -0.4 is 5.32 Å². The molecule has 4 aliphatic rings. The highest BCUT2D eigenvalue weighted by atomic mass is 19.1. The molecular formula is C35H47FN2O13. The number of hydrogen-bond donors (Lipinski definition) is 2. The van der Waals surface area contributed by atoms with Crippen LogP contribution in [0.25, 0.3) is 0 Å². The third kappa shape index (κ3) is 7.15. The number of esters is 3. The number of fused-ring (bicyclic) bond motifs is 5. The van der Waals surface area contributed by atoms with E-state index in [1.54, 1.807) is 27.7 Å². The zero-order valence-corrected chi connectivity index (χ0v) is 29.6. The molecule has 15 nitrogen and oxygen atoms in total. The maximum absolute atomic E-state index is 17.7. The van der Waals surface area contributed by atoms with Crippen molar-refractivity contribution in [3.05, 3.63) is 33.9 Å². The molecule has 0 saturated heterocycles. The monoisotopic (exact) mass is 722 g/mol. The summed E-state index contributed by atoms with van der Waals surface area (Å²) >= 11 is 0. The van der Waals surface area contributed by atoms with E-state index in [4.69, 9.17) is 14.2 Å². The number of carbonyl (C=O) groups is 6. The predicted octanol–water partition coefficient (Wildman–Crippen LogP) is 2.83.